The van der Waals surface area contributed by atoms with Crippen molar-refractivity contribution in [3.8, 4) is 0 Å². The lowest BCUT2D eigenvalue weighted by Crippen LogP contribution is -2.45. The zero-order valence-corrected chi connectivity index (χ0v) is 70.0. The van der Waals surface area contributed by atoms with Crippen molar-refractivity contribution in [2.75, 3.05) is 39.4 Å². The molecule has 6 rings (SSSR count). The topological polar surface area (TPSA) is 363 Å². The molecule has 1 unspecified atom stereocenters. The van der Waals surface area contributed by atoms with Gasteiger partial charge in [-0.3, -0.25) is 68.4 Å². The van der Waals surface area contributed by atoms with Crippen molar-refractivity contribution in [3.63, 3.8) is 0 Å². The van der Waals surface area contributed by atoms with Gasteiger partial charge in [-0.2, -0.15) is 0 Å². The molecule has 0 aromatic carbocycles. The van der Waals surface area contributed by atoms with Gasteiger partial charge >= 0.3 is 23.9 Å². The van der Waals surface area contributed by atoms with Crippen LogP contribution in [0.3, 0.4) is 0 Å². The molecule has 2 atom stereocenters. The Balaban J connectivity index is -0.000000592. The second-order valence-electron chi connectivity index (χ2n) is 24.6. The van der Waals surface area contributed by atoms with Gasteiger partial charge in [-0.25, -0.2) is 9.59 Å². The number of esters is 4. The number of halogens is 2. The molecule has 98 heavy (non-hydrogen) atoms. The van der Waals surface area contributed by atoms with Crippen LogP contribution < -0.4 is 27.0 Å². The highest BCUT2D eigenvalue weighted by Crippen LogP contribution is 2.66. The third-order valence-corrected chi connectivity index (χ3v) is 24.7. The SMILES string of the molecule is C.C.C.CC(C)(C)OC(=O)C1(C)SS1.CC(C)(C)OC(=O)C1(O)SS1.CC(C)(C)OC(=O)CN[C@@H](CCCCNC(=O)CCN1C(=O)C=CC1=O)C(=O)C1(C)SS1.CCC(=O)OC(C)(C)C.II.NCNC(CCCCNC(=O)CCN1C(=O)C=CC1=O)C(=O)C1(O)SS1.S=PP=S. The molecule has 39 heteroatoms. The van der Waals surface area contributed by atoms with E-state index in [2.05, 4.69) is 82.1 Å². The fraction of sp³-hybridized carbons (Fsp3) is 0.729. The lowest BCUT2D eigenvalue weighted by atomic mass is 10.0. The third kappa shape index (κ3) is 46.8. The minimum absolute atomic E-state index is 0. The maximum absolute atomic E-state index is 12.8. The Hall–Kier alpha value is -0.980. The van der Waals surface area contributed by atoms with Crippen LogP contribution in [0, 0.1) is 0 Å². The lowest BCUT2D eigenvalue weighted by Gasteiger charge is -2.22. The summed E-state index contributed by atoms with van der Waals surface area (Å²) in [7, 11) is 12.4. The van der Waals surface area contributed by atoms with Crippen molar-refractivity contribution in [2.24, 2.45) is 5.73 Å². The lowest BCUT2D eigenvalue weighted by molar-refractivity contribution is -0.161. The van der Waals surface area contributed by atoms with E-state index in [4.69, 9.17) is 24.7 Å². The summed E-state index contributed by atoms with van der Waals surface area (Å²) in [6, 6.07) is -0.978. The predicted octanol–water partition coefficient (Wildman–Crippen LogP) is 11.6. The predicted molar refractivity (Wildman–Crippen MR) is 430 cm³/mol. The number of nitrogens with zero attached hydrogens (tertiary/aromatic N) is 2. The van der Waals surface area contributed by atoms with E-state index in [0.717, 1.165) is 67.1 Å². The molecule has 0 aliphatic carbocycles. The van der Waals surface area contributed by atoms with Crippen molar-refractivity contribution in [2.45, 2.75) is 235 Å². The van der Waals surface area contributed by atoms with Gasteiger partial charge in [-0.1, -0.05) is 72.4 Å². The van der Waals surface area contributed by atoms with E-state index in [1.54, 1.807) is 70.1 Å². The van der Waals surface area contributed by atoms with Crippen LogP contribution in [0.2, 0.25) is 0 Å². The summed E-state index contributed by atoms with van der Waals surface area (Å²) in [5.74, 6) is -3.55. The molecule has 0 spiro atoms. The van der Waals surface area contributed by atoms with Crippen LogP contribution in [-0.4, -0.2) is 181 Å². The number of imide groups is 2. The summed E-state index contributed by atoms with van der Waals surface area (Å²) in [5.41, 5.74) is 3.65. The van der Waals surface area contributed by atoms with Crippen LogP contribution in [0.15, 0.2) is 24.3 Å². The summed E-state index contributed by atoms with van der Waals surface area (Å²) in [4.78, 5) is 141. The summed E-state index contributed by atoms with van der Waals surface area (Å²) in [6.45, 7) is 28.5. The van der Waals surface area contributed by atoms with E-state index in [0.29, 0.717) is 58.0 Å². The Kier molecular flexibility index (Phi) is 52.5. The van der Waals surface area contributed by atoms with E-state index in [1.807, 2.05) is 55.4 Å². The molecule has 0 aromatic heterocycles. The van der Waals surface area contributed by atoms with Crippen molar-refractivity contribution in [1.29, 1.82) is 0 Å². The first kappa shape index (κ1) is 103. The molecule has 4 saturated heterocycles. The van der Waals surface area contributed by atoms with Gasteiger partial charge in [0, 0.05) is 128 Å². The smallest absolute Gasteiger partial charge is 0.362 e. The second kappa shape index (κ2) is 49.7. The maximum Gasteiger partial charge on any atom is 0.362 e. The Morgan fingerprint density at radius 3 is 1.16 bits per heavy atom. The number of unbranched alkanes of at least 4 members (excludes halogenated alkanes) is 2. The molecule has 6 heterocycles. The fourth-order valence-corrected chi connectivity index (χ4v) is 11.6. The molecule has 4 fully saturated rings. The highest BCUT2D eigenvalue weighted by atomic mass is 128. The number of amides is 6. The average Bonchev–Trinajstić information content (AvgIpc) is 1.67. The van der Waals surface area contributed by atoms with Gasteiger partial charge in [0.05, 0.1) is 18.6 Å². The standard InChI is InChI=1S/C21H31N3O6S2.C15H22N4O5S2.C7H12O2S2.C7H14O2.C6H10O3S2.3CH4.I2.P2S2/c1-20(2,3)30-18(28)13-23-14(19(29)21(4)31-32-21)7-5-6-11-22-15(25)10-12-24-16(26)8-9-17(24)27;16-9-18-10(14(23)15(24)25-26-15)3-1-2-7-17-11(20)6-8-19-12(21)4-5-13(19)22;1-6(2,3)9-5(8)7(4)10-11-7;1-5-6(8)9-7(2,3)4;1-5(2,3)9-4(7)6(8)10-11-6;;;;1-2;3-1-2-4/h8-9,14,23H,5-7,10-13H2,1-4H3,(H,22,25);4-5,10,18,24H,1-3,6-9,16H2,(H,17,20);1-4H3;5H2,1-4H3;8H,1-3H3;3*1H4;;/t14-;;;;;;;;;/m0........./s1. The van der Waals surface area contributed by atoms with Gasteiger partial charge in [0.25, 0.3) is 27.9 Å². The number of nitrogens with one attached hydrogen (secondary N) is 4. The highest BCUT2D eigenvalue weighted by Gasteiger charge is 2.56. The Morgan fingerprint density at radius 2 is 0.867 bits per heavy atom. The number of rotatable bonds is 29. The summed E-state index contributed by atoms with van der Waals surface area (Å²) in [5, 5.41) is 30.4. The minimum atomic E-state index is -1.35. The first-order chi connectivity index (χ1) is 43.8. The molecule has 0 radical (unpaired) electrons. The van der Waals surface area contributed by atoms with E-state index in [1.165, 1.54) is 45.9 Å². The van der Waals surface area contributed by atoms with Crippen LogP contribution in [0.25, 0.3) is 0 Å². The molecule has 564 valence electrons. The van der Waals surface area contributed by atoms with E-state index < -0.39 is 71.5 Å². The van der Waals surface area contributed by atoms with Gasteiger partial charge in [0.1, 0.15) is 26.5 Å². The number of hydrogen-bond donors (Lipinski definition) is 7. The van der Waals surface area contributed by atoms with E-state index in [9.17, 15) is 67.7 Å². The zero-order chi connectivity index (χ0) is 73.4. The number of carbonyl (C=O) groups excluding carboxylic acids is 12. The Morgan fingerprint density at radius 1 is 0.531 bits per heavy atom. The Labute approximate surface area is 648 Å². The molecule has 6 aliphatic rings. The van der Waals surface area contributed by atoms with Crippen molar-refractivity contribution >= 4 is 232 Å². The van der Waals surface area contributed by atoms with Crippen LogP contribution in [0.5, 0.6) is 0 Å². The number of carbonyl (C=O) groups is 12. The summed E-state index contributed by atoms with van der Waals surface area (Å²) >= 11 is 13.1. The highest BCUT2D eigenvalue weighted by molar-refractivity contribution is 15.0. The van der Waals surface area contributed by atoms with Crippen LogP contribution in [0.4, 0.5) is 0 Å². The molecule has 0 bridgehead atoms. The quantitative estimate of drug-likeness (QED) is 0.00421. The number of aliphatic hydroxyl groups is 2. The number of hydrogen-bond acceptors (Lipinski definition) is 31. The van der Waals surface area contributed by atoms with Gasteiger partial charge in [-0.15, -0.1) is 0 Å². The van der Waals surface area contributed by atoms with Crippen molar-refractivity contribution in [1.82, 2.24) is 31.1 Å². The largest absolute Gasteiger partial charge is 0.460 e. The second-order valence-corrected chi connectivity index (χ2v) is 40.8. The van der Waals surface area contributed by atoms with Gasteiger partial charge in [0.15, 0.2) is 9.86 Å². The van der Waals surface area contributed by atoms with Crippen LogP contribution >= 0.6 is 138 Å². The number of ketones is 2. The fourth-order valence-electron chi connectivity index (χ4n) is 6.86. The molecule has 25 nitrogen and oxygen atoms in total. The maximum atomic E-state index is 12.8. The average molecular weight is 1830 g/mol. The number of nitrogens with two attached hydrogens (primary N) is 1. The van der Waals surface area contributed by atoms with E-state index in [-0.39, 0.29) is 112 Å². The van der Waals surface area contributed by atoms with E-state index >= 15 is 0 Å². The molecule has 6 amide bonds. The monoisotopic (exact) mass is 1830 g/mol. The van der Waals surface area contributed by atoms with Crippen LogP contribution in [0.1, 0.15) is 184 Å². The van der Waals surface area contributed by atoms with Gasteiger partial charge in [-0.05, 0) is 202 Å². The zero-order valence-electron chi connectivity index (χ0n) is 55.7. The molecule has 0 aromatic rings. The normalized spacial score (nSPS) is 17.1. The number of Topliss-reactive ketones (excluding diaryl/α,β-unsaturated/α-hetero) is 2. The van der Waals surface area contributed by atoms with Crippen molar-refractivity contribution < 1.29 is 86.7 Å². The summed E-state index contributed by atoms with van der Waals surface area (Å²) < 4.78 is 16.9. The van der Waals surface area contributed by atoms with Gasteiger partial charge < -0.3 is 45.5 Å². The Bertz CT molecular complexity index is 2640. The first-order valence-corrected chi connectivity index (χ1v) is 48.7. The molecular formula is C59H101I2N7O18P2S10. The molecular weight excluding hydrogens is 1730 g/mol. The molecule has 0 saturated carbocycles. The summed E-state index contributed by atoms with van der Waals surface area (Å²) in [6.07, 6.45) is 9.01. The van der Waals surface area contributed by atoms with Gasteiger partial charge in [0.2, 0.25) is 21.9 Å². The molecule has 8 N–H and O–H groups in total. The first-order valence-electron chi connectivity index (χ1n) is 29.3. The number of ether oxygens (including phenoxy) is 4. The van der Waals surface area contributed by atoms with Crippen LogP contribution in [-0.2, 0) is 100 Å². The minimum Gasteiger partial charge on any atom is -0.460 e. The third-order valence-electron chi connectivity index (χ3n) is 11.4. The molecule has 6 aliphatic heterocycles. The van der Waals surface area contributed by atoms with Crippen molar-refractivity contribution in [3.05, 3.63) is 24.3 Å².